The maximum absolute atomic E-state index is 4.20. The van der Waals surface area contributed by atoms with Crippen LogP contribution in [-0.2, 0) is 6.42 Å². The monoisotopic (exact) mass is 288 g/mol. The molecular formula is C20H20N2. The van der Waals surface area contributed by atoms with Crippen molar-refractivity contribution >= 4 is 5.69 Å². The minimum Gasteiger partial charge on any atom is -0.378 e. The average Bonchev–Trinajstić information content (AvgIpc) is 2.58. The maximum Gasteiger partial charge on any atom is 0.0500 e. The molecule has 0 aliphatic heterocycles. The van der Waals surface area contributed by atoms with Gasteiger partial charge in [-0.3, -0.25) is 4.98 Å². The molecule has 3 rings (SSSR count). The number of nitrogens with zero attached hydrogens (tertiary/aromatic N) is 1. The van der Waals surface area contributed by atoms with Crippen LogP contribution in [0.1, 0.15) is 29.7 Å². The molecule has 0 radical (unpaired) electrons. The van der Waals surface area contributed by atoms with E-state index in [1.54, 1.807) is 6.20 Å². The van der Waals surface area contributed by atoms with E-state index in [1.165, 1.54) is 22.4 Å². The third-order valence-corrected chi connectivity index (χ3v) is 3.81. The summed E-state index contributed by atoms with van der Waals surface area (Å²) in [6, 6.07) is 23.4. The highest BCUT2D eigenvalue weighted by atomic mass is 14.9. The second kappa shape index (κ2) is 6.90. The number of hydrogen-bond donors (Lipinski definition) is 1. The maximum atomic E-state index is 4.20. The summed E-state index contributed by atoms with van der Waals surface area (Å²) >= 11 is 0. The van der Waals surface area contributed by atoms with Crippen molar-refractivity contribution in [2.24, 2.45) is 0 Å². The van der Waals surface area contributed by atoms with Gasteiger partial charge in [-0.25, -0.2) is 0 Å². The molecule has 0 saturated carbocycles. The summed E-state index contributed by atoms with van der Waals surface area (Å²) in [5.74, 6) is 0. The number of para-hydroxylation sites is 1. The van der Waals surface area contributed by atoms with Gasteiger partial charge in [-0.05, 0) is 42.2 Å². The van der Waals surface area contributed by atoms with Crippen molar-refractivity contribution in [1.29, 1.82) is 0 Å². The van der Waals surface area contributed by atoms with Crippen LogP contribution in [0.5, 0.6) is 0 Å². The molecule has 0 amide bonds. The van der Waals surface area contributed by atoms with E-state index < -0.39 is 0 Å². The minimum absolute atomic E-state index is 0.227. The fourth-order valence-electron chi connectivity index (χ4n) is 2.58. The van der Waals surface area contributed by atoms with E-state index in [0.29, 0.717) is 0 Å². The molecule has 1 atom stereocenters. The molecule has 2 nitrogen and oxygen atoms in total. The molecule has 0 fully saturated rings. The van der Waals surface area contributed by atoms with Crippen LogP contribution in [0.2, 0.25) is 0 Å². The lowest BCUT2D eigenvalue weighted by atomic mass is 10.0. The topological polar surface area (TPSA) is 24.9 Å². The highest BCUT2D eigenvalue weighted by Gasteiger charge is 2.08. The fraction of sp³-hybridized carbons (Fsp3) is 0.150. The molecule has 1 unspecified atom stereocenters. The van der Waals surface area contributed by atoms with Crippen molar-refractivity contribution < 1.29 is 0 Å². The molecule has 0 bridgehead atoms. The van der Waals surface area contributed by atoms with Crippen molar-refractivity contribution in [1.82, 2.24) is 4.98 Å². The molecular weight excluding hydrogens is 268 g/mol. The Bertz CT molecular complexity index is 708. The third-order valence-electron chi connectivity index (χ3n) is 3.81. The van der Waals surface area contributed by atoms with Crippen LogP contribution >= 0.6 is 0 Å². The summed E-state index contributed by atoms with van der Waals surface area (Å²) in [4.78, 5) is 4.20. The van der Waals surface area contributed by atoms with E-state index in [-0.39, 0.29) is 6.04 Å². The van der Waals surface area contributed by atoms with E-state index in [9.17, 15) is 0 Å². The number of benzene rings is 2. The first-order valence-electron chi connectivity index (χ1n) is 7.61. The molecule has 2 aromatic carbocycles. The lowest BCUT2D eigenvalue weighted by Gasteiger charge is -2.18. The molecule has 22 heavy (non-hydrogen) atoms. The zero-order valence-corrected chi connectivity index (χ0v) is 12.7. The van der Waals surface area contributed by atoms with Gasteiger partial charge in [0, 0.05) is 18.1 Å². The number of nitrogens with one attached hydrogen (secondary N) is 1. The Morgan fingerprint density at radius 2 is 1.68 bits per heavy atom. The Morgan fingerprint density at radius 1 is 0.909 bits per heavy atom. The molecule has 2 heteroatoms. The van der Waals surface area contributed by atoms with Gasteiger partial charge in [-0.15, -0.1) is 0 Å². The summed E-state index contributed by atoms with van der Waals surface area (Å²) in [5.41, 5.74) is 5.01. The summed E-state index contributed by atoms with van der Waals surface area (Å²) in [7, 11) is 0. The molecule has 110 valence electrons. The van der Waals surface area contributed by atoms with Gasteiger partial charge in [0.25, 0.3) is 0 Å². The molecule has 1 heterocycles. The molecule has 0 aliphatic carbocycles. The third kappa shape index (κ3) is 3.53. The number of aromatic nitrogens is 1. The van der Waals surface area contributed by atoms with E-state index >= 15 is 0 Å². The number of hydrogen-bond acceptors (Lipinski definition) is 2. The van der Waals surface area contributed by atoms with Gasteiger partial charge >= 0.3 is 0 Å². The van der Waals surface area contributed by atoms with E-state index in [0.717, 1.165) is 6.42 Å². The highest BCUT2D eigenvalue weighted by Crippen LogP contribution is 2.24. The van der Waals surface area contributed by atoms with Crippen molar-refractivity contribution in [3.63, 3.8) is 0 Å². The van der Waals surface area contributed by atoms with E-state index in [1.807, 2.05) is 12.3 Å². The Morgan fingerprint density at radius 3 is 2.45 bits per heavy atom. The van der Waals surface area contributed by atoms with Crippen molar-refractivity contribution in [2.45, 2.75) is 19.4 Å². The van der Waals surface area contributed by atoms with Crippen molar-refractivity contribution in [2.75, 3.05) is 5.32 Å². The second-order valence-corrected chi connectivity index (χ2v) is 5.47. The first kappa shape index (κ1) is 14.3. The highest BCUT2D eigenvalue weighted by molar-refractivity contribution is 5.54. The minimum atomic E-state index is 0.227. The number of rotatable bonds is 5. The van der Waals surface area contributed by atoms with E-state index in [2.05, 4.69) is 77.9 Å². The summed E-state index contributed by atoms with van der Waals surface area (Å²) in [6.07, 6.45) is 4.65. The van der Waals surface area contributed by atoms with Crippen molar-refractivity contribution in [3.8, 4) is 0 Å². The second-order valence-electron chi connectivity index (χ2n) is 5.47. The van der Waals surface area contributed by atoms with Gasteiger partial charge in [0.2, 0.25) is 0 Å². The molecule has 1 aromatic heterocycles. The van der Waals surface area contributed by atoms with Crippen LogP contribution in [0, 0.1) is 0 Å². The normalized spacial score (nSPS) is 11.9. The number of pyridine rings is 1. The van der Waals surface area contributed by atoms with E-state index in [4.69, 9.17) is 0 Å². The first-order valence-corrected chi connectivity index (χ1v) is 7.61. The Kier molecular flexibility index (Phi) is 4.50. The van der Waals surface area contributed by atoms with Gasteiger partial charge in [-0.2, -0.15) is 0 Å². The van der Waals surface area contributed by atoms with Gasteiger partial charge in [0.05, 0.1) is 6.04 Å². The van der Waals surface area contributed by atoms with Crippen molar-refractivity contribution in [3.05, 3.63) is 95.8 Å². The Balaban J connectivity index is 1.79. The zero-order chi connectivity index (χ0) is 15.2. The van der Waals surface area contributed by atoms with Crippen LogP contribution in [0.4, 0.5) is 5.69 Å². The van der Waals surface area contributed by atoms with Gasteiger partial charge < -0.3 is 5.32 Å². The summed E-state index contributed by atoms with van der Waals surface area (Å²) < 4.78 is 0. The van der Waals surface area contributed by atoms with Crippen LogP contribution in [0.15, 0.2) is 79.1 Å². The molecule has 0 aliphatic rings. The smallest absolute Gasteiger partial charge is 0.0500 e. The lowest BCUT2D eigenvalue weighted by Crippen LogP contribution is -2.08. The van der Waals surface area contributed by atoms with Crippen LogP contribution in [0.25, 0.3) is 0 Å². The Labute approximate surface area is 131 Å². The first-order chi connectivity index (χ1) is 10.8. The summed E-state index contributed by atoms with van der Waals surface area (Å²) in [5, 5.41) is 3.61. The zero-order valence-electron chi connectivity index (χ0n) is 12.7. The standard InChI is InChI=1S/C20H20N2/c1-16(19-11-7-13-21-15-19)22-20-12-6-5-10-18(20)14-17-8-3-2-4-9-17/h2-13,15-16,22H,14H2,1H3. The summed E-state index contributed by atoms with van der Waals surface area (Å²) in [6.45, 7) is 2.16. The molecule has 1 N–H and O–H groups in total. The van der Waals surface area contributed by atoms with Gasteiger partial charge in [0.1, 0.15) is 0 Å². The quantitative estimate of drug-likeness (QED) is 0.726. The van der Waals surface area contributed by atoms with Gasteiger partial charge in [-0.1, -0.05) is 54.6 Å². The predicted molar refractivity (Wildman–Crippen MR) is 92.0 cm³/mol. The van der Waals surface area contributed by atoms with Crippen LogP contribution < -0.4 is 5.32 Å². The molecule has 0 saturated heterocycles. The molecule has 3 aromatic rings. The predicted octanol–water partition coefficient (Wildman–Crippen LogP) is 4.85. The largest absolute Gasteiger partial charge is 0.378 e. The van der Waals surface area contributed by atoms with Crippen LogP contribution in [-0.4, -0.2) is 4.98 Å². The molecule has 0 spiro atoms. The lowest BCUT2D eigenvalue weighted by molar-refractivity contribution is 0.872. The van der Waals surface area contributed by atoms with Gasteiger partial charge in [0.15, 0.2) is 0 Å². The van der Waals surface area contributed by atoms with Crippen LogP contribution in [0.3, 0.4) is 0 Å². The Hall–Kier alpha value is -2.61. The fourth-order valence-corrected chi connectivity index (χ4v) is 2.58. The number of anilines is 1. The average molecular weight is 288 g/mol. The SMILES string of the molecule is CC(Nc1ccccc1Cc1ccccc1)c1cccnc1.